The molecule has 3 heteroatoms. The van der Waals surface area contributed by atoms with Gasteiger partial charge in [0, 0.05) is 21.1 Å². The largest absolute Gasteiger partial charge is 0.399 e. The summed E-state index contributed by atoms with van der Waals surface area (Å²) >= 11 is 1.83. The first-order chi connectivity index (χ1) is 7.65. The van der Waals surface area contributed by atoms with Gasteiger partial charge in [-0.1, -0.05) is 0 Å². The van der Waals surface area contributed by atoms with Gasteiger partial charge in [-0.15, -0.1) is 11.3 Å². The van der Waals surface area contributed by atoms with Gasteiger partial charge in [0.15, 0.2) is 0 Å². The molecule has 1 unspecified atom stereocenters. The number of benzene rings is 1. The van der Waals surface area contributed by atoms with E-state index < -0.39 is 0 Å². The number of hydrogen-bond acceptors (Lipinski definition) is 3. The fourth-order valence-corrected chi connectivity index (χ4v) is 2.47. The smallest absolute Gasteiger partial charge is 0.0578 e. The van der Waals surface area contributed by atoms with E-state index in [1.54, 1.807) is 0 Å². The number of nitrogen functional groups attached to an aromatic ring is 1. The maximum Gasteiger partial charge on any atom is 0.0578 e. The lowest BCUT2D eigenvalue weighted by Crippen LogP contribution is -2.04. The Hall–Kier alpha value is -1.48. The zero-order valence-electron chi connectivity index (χ0n) is 9.53. The van der Waals surface area contributed by atoms with Crippen molar-refractivity contribution < 1.29 is 0 Å². The molecule has 0 fully saturated rings. The van der Waals surface area contributed by atoms with E-state index >= 15 is 0 Å². The number of rotatable bonds is 3. The number of nitrogens with two attached hydrogens (primary N) is 1. The van der Waals surface area contributed by atoms with Crippen molar-refractivity contribution in [1.82, 2.24) is 0 Å². The van der Waals surface area contributed by atoms with Gasteiger partial charge < -0.3 is 11.1 Å². The molecule has 0 aliphatic carbocycles. The molecule has 0 radical (unpaired) electrons. The van der Waals surface area contributed by atoms with Crippen LogP contribution in [0.25, 0.3) is 0 Å². The second-order valence-electron chi connectivity index (χ2n) is 3.94. The van der Waals surface area contributed by atoms with Gasteiger partial charge in [-0.2, -0.15) is 0 Å². The molecule has 0 saturated heterocycles. The van der Waals surface area contributed by atoms with Gasteiger partial charge in [-0.3, -0.25) is 0 Å². The summed E-state index contributed by atoms with van der Waals surface area (Å²) in [5, 5.41) is 3.45. The number of thiophene rings is 1. The summed E-state index contributed by atoms with van der Waals surface area (Å²) in [6, 6.07) is 12.5. The average molecular weight is 232 g/mol. The van der Waals surface area contributed by atoms with Crippen LogP contribution in [0.1, 0.15) is 22.7 Å². The van der Waals surface area contributed by atoms with Crippen LogP contribution in [0.3, 0.4) is 0 Å². The van der Waals surface area contributed by atoms with Crippen LogP contribution >= 0.6 is 11.3 Å². The summed E-state index contributed by atoms with van der Waals surface area (Å²) in [6.07, 6.45) is 0. The molecular weight excluding hydrogens is 216 g/mol. The fraction of sp³-hybridized carbons (Fsp3) is 0.231. The van der Waals surface area contributed by atoms with E-state index in [4.69, 9.17) is 5.73 Å². The van der Waals surface area contributed by atoms with Crippen molar-refractivity contribution >= 4 is 22.7 Å². The molecule has 2 aromatic rings. The van der Waals surface area contributed by atoms with Gasteiger partial charge in [0.1, 0.15) is 0 Å². The molecule has 1 heterocycles. The SMILES string of the molecule is Cc1ccc(C(C)Nc2ccc(N)cc2)s1. The summed E-state index contributed by atoms with van der Waals surface area (Å²) in [7, 11) is 0. The van der Waals surface area contributed by atoms with Crippen molar-refractivity contribution in [2.24, 2.45) is 0 Å². The van der Waals surface area contributed by atoms with E-state index in [9.17, 15) is 0 Å². The predicted octanol–water partition coefficient (Wildman–Crippen LogP) is 3.81. The van der Waals surface area contributed by atoms with Crippen LogP contribution < -0.4 is 11.1 Å². The monoisotopic (exact) mass is 232 g/mol. The lowest BCUT2D eigenvalue weighted by atomic mass is 10.2. The van der Waals surface area contributed by atoms with Crippen LogP contribution in [0.5, 0.6) is 0 Å². The Morgan fingerprint density at radius 2 is 1.81 bits per heavy atom. The molecule has 84 valence electrons. The number of hydrogen-bond donors (Lipinski definition) is 2. The molecule has 1 aromatic carbocycles. The first-order valence-electron chi connectivity index (χ1n) is 5.33. The summed E-state index contributed by atoms with van der Waals surface area (Å²) in [5.74, 6) is 0. The molecule has 2 nitrogen and oxygen atoms in total. The van der Waals surface area contributed by atoms with E-state index in [-0.39, 0.29) is 0 Å². The Morgan fingerprint density at radius 1 is 1.12 bits per heavy atom. The molecule has 2 rings (SSSR count). The number of aryl methyl sites for hydroxylation is 1. The molecular formula is C13H16N2S. The molecule has 1 aromatic heterocycles. The van der Waals surface area contributed by atoms with Crippen LogP contribution in [0.2, 0.25) is 0 Å². The minimum Gasteiger partial charge on any atom is -0.399 e. The highest BCUT2D eigenvalue weighted by Crippen LogP contribution is 2.25. The Balaban J connectivity index is 2.07. The minimum absolute atomic E-state index is 0.335. The van der Waals surface area contributed by atoms with Crippen molar-refractivity contribution in [3.8, 4) is 0 Å². The topological polar surface area (TPSA) is 38.0 Å². The second-order valence-corrected chi connectivity index (χ2v) is 5.26. The lowest BCUT2D eigenvalue weighted by Gasteiger charge is -2.13. The molecule has 0 bridgehead atoms. The van der Waals surface area contributed by atoms with Crippen molar-refractivity contribution in [3.05, 3.63) is 46.2 Å². The fourth-order valence-electron chi connectivity index (χ4n) is 1.59. The summed E-state index contributed by atoms with van der Waals surface area (Å²) in [4.78, 5) is 2.70. The zero-order valence-corrected chi connectivity index (χ0v) is 10.3. The minimum atomic E-state index is 0.335. The van der Waals surface area contributed by atoms with Crippen LogP contribution in [0, 0.1) is 6.92 Å². The van der Waals surface area contributed by atoms with E-state index in [1.165, 1.54) is 9.75 Å². The van der Waals surface area contributed by atoms with Gasteiger partial charge in [0.05, 0.1) is 6.04 Å². The maximum absolute atomic E-state index is 5.65. The van der Waals surface area contributed by atoms with Crippen molar-refractivity contribution in [2.75, 3.05) is 11.1 Å². The first kappa shape index (κ1) is 11.0. The summed E-state index contributed by atoms with van der Waals surface area (Å²) in [5.41, 5.74) is 7.55. The molecule has 0 spiro atoms. The second kappa shape index (κ2) is 4.58. The highest BCUT2D eigenvalue weighted by molar-refractivity contribution is 7.12. The van der Waals surface area contributed by atoms with E-state index in [0.29, 0.717) is 6.04 Å². The van der Waals surface area contributed by atoms with Crippen molar-refractivity contribution in [2.45, 2.75) is 19.9 Å². The first-order valence-corrected chi connectivity index (χ1v) is 6.15. The normalized spacial score (nSPS) is 12.4. The van der Waals surface area contributed by atoms with E-state index in [1.807, 2.05) is 35.6 Å². The number of anilines is 2. The van der Waals surface area contributed by atoms with Crippen LogP contribution in [0.4, 0.5) is 11.4 Å². The van der Waals surface area contributed by atoms with Gasteiger partial charge in [0.25, 0.3) is 0 Å². The Kier molecular flexibility index (Phi) is 3.15. The summed E-state index contributed by atoms with van der Waals surface area (Å²) in [6.45, 7) is 4.30. The van der Waals surface area contributed by atoms with Crippen LogP contribution in [0.15, 0.2) is 36.4 Å². The van der Waals surface area contributed by atoms with Gasteiger partial charge >= 0.3 is 0 Å². The Morgan fingerprint density at radius 3 is 2.38 bits per heavy atom. The Bertz CT molecular complexity index is 459. The molecule has 0 aliphatic heterocycles. The van der Waals surface area contributed by atoms with Crippen molar-refractivity contribution in [1.29, 1.82) is 0 Å². The Labute approximate surface area is 100 Å². The third kappa shape index (κ3) is 2.55. The van der Waals surface area contributed by atoms with E-state index in [2.05, 4.69) is 31.3 Å². The van der Waals surface area contributed by atoms with Gasteiger partial charge in [-0.05, 0) is 50.2 Å². The molecule has 0 saturated carbocycles. The zero-order chi connectivity index (χ0) is 11.5. The molecule has 0 aliphatic rings. The van der Waals surface area contributed by atoms with Gasteiger partial charge in [-0.25, -0.2) is 0 Å². The highest BCUT2D eigenvalue weighted by atomic mass is 32.1. The third-order valence-electron chi connectivity index (χ3n) is 2.48. The average Bonchev–Trinajstić information content (AvgIpc) is 2.68. The molecule has 16 heavy (non-hydrogen) atoms. The maximum atomic E-state index is 5.65. The highest BCUT2D eigenvalue weighted by Gasteiger charge is 2.06. The summed E-state index contributed by atoms with van der Waals surface area (Å²) < 4.78 is 0. The predicted molar refractivity (Wildman–Crippen MR) is 71.9 cm³/mol. The molecule has 1 atom stereocenters. The number of nitrogens with one attached hydrogen (secondary N) is 1. The van der Waals surface area contributed by atoms with E-state index in [0.717, 1.165) is 11.4 Å². The molecule has 3 N–H and O–H groups in total. The van der Waals surface area contributed by atoms with Crippen LogP contribution in [-0.4, -0.2) is 0 Å². The quantitative estimate of drug-likeness (QED) is 0.790. The standard InChI is InChI=1S/C13H16N2S/c1-9-3-8-13(16-9)10(2)15-12-6-4-11(14)5-7-12/h3-8,10,15H,14H2,1-2H3. The van der Waals surface area contributed by atoms with Crippen molar-refractivity contribution in [3.63, 3.8) is 0 Å². The third-order valence-corrected chi connectivity index (χ3v) is 3.67. The lowest BCUT2D eigenvalue weighted by molar-refractivity contribution is 0.908. The van der Waals surface area contributed by atoms with Crippen LogP contribution in [-0.2, 0) is 0 Å². The van der Waals surface area contributed by atoms with Gasteiger partial charge in [0.2, 0.25) is 0 Å². The molecule has 0 amide bonds.